The van der Waals surface area contributed by atoms with Crippen molar-refractivity contribution in [2.75, 3.05) is 5.32 Å². The molecule has 0 aliphatic heterocycles. The van der Waals surface area contributed by atoms with Gasteiger partial charge in [-0.15, -0.1) is 0 Å². The zero-order valence-corrected chi connectivity index (χ0v) is 12.7. The van der Waals surface area contributed by atoms with Gasteiger partial charge in [-0.25, -0.2) is 0 Å². The Balaban J connectivity index is 2.99. The van der Waals surface area contributed by atoms with E-state index in [0.29, 0.717) is 15.7 Å². The first-order valence-corrected chi connectivity index (χ1v) is 6.62. The fraction of sp³-hybridized carbons (Fsp3) is 0.231. The molecule has 0 aliphatic rings. The number of aliphatic hydroxyl groups is 1. The van der Waals surface area contributed by atoms with Crippen LogP contribution in [0.2, 0.25) is 10.0 Å². The number of thiocarbonyl (C=S) groups is 1. The van der Waals surface area contributed by atoms with E-state index < -0.39 is 0 Å². The lowest BCUT2D eigenvalue weighted by Gasteiger charge is -2.11. The summed E-state index contributed by atoms with van der Waals surface area (Å²) in [5, 5.41) is 22.5. The number of nitrogens with zero attached hydrogens (tertiary/aromatic N) is 1. The molecule has 1 aromatic rings. The maximum absolute atomic E-state index is 9.82. The summed E-state index contributed by atoms with van der Waals surface area (Å²) in [7, 11) is 0. The monoisotopic (exact) mass is 314 g/mol. The Morgan fingerprint density at radius 3 is 2.47 bits per heavy atom. The third kappa shape index (κ3) is 4.10. The molecule has 0 amide bonds. The Hall–Kier alpha value is -1.28. The largest absolute Gasteiger partial charge is 0.511 e. The van der Waals surface area contributed by atoms with Crippen LogP contribution in [0.15, 0.2) is 29.5 Å². The number of aliphatic hydroxyl groups excluding tert-OH is 1. The number of allylic oxidation sites excluding steroid dienone is 1. The predicted molar refractivity (Wildman–Crippen MR) is 82.8 cm³/mol. The molecule has 0 spiro atoms. The highest BCUT2D eigenvalue weighted by Crippen LogP contribution is 2.25. The summed E-state index contributed by atoms with van der Waals surface area (Å²) in [6.07, 6.45) is 0. The third-order valence-corrected chi connectivity index (χ3v) is 3.36. The molecule has 0 atom stereocenters. The van der Waals surface area contributed by atoms with Crippen molar-refractivity contribution in [2.24, 2.45) is 5.92 Å². The fourth-order valence-electron chi connectivity index (χ4n) is 1.28. The van der Waals surface area contributed by atoms with Gasteiger partial charge in [0.05, 0.1) is 10.0 Å². The molecule has 0 bridgehead atoms. The summed E-state index contributed by atoms with van der Waals surface area (Å²) >= 11 is 16.8. The molecule has 0 unspecified atom stereocenters. The summed E-state index contributed by atoms with van der Waals surface area (Å²) in [6.45, 7) is 3.54. The van der Waals surface area contributed by atoms with Gasteiger partial charge < -0.3 is 10.4 Å². The van der Waals surface area contributed by atoms with Gasteiger partial charge in [0.15, 0.2) is 0 Å². The van der Waals surface area contributed by atoms with E-state index >= 15 is 0 Å². The first-order chi connectivity index (χ1) is 8.86. The number of benzene rings is 1. The summed E-state index contributed by atoms with van der Waals surface area (Å²) < 4.78 is 0. The van der Waals surface area contributed by atoms with E-state index in [9.17, 15) is 5.11 Å². The quantitative estimate of drug-likeness (QED) is 0.367. The van der Waals surface area contributed by atoms with Crippen molar-refractivity contribution in [1.29, 1.82) is 5.26 Å². The molecular weight excluding hydrogens is 303 g/mol. The standard InChI is InChI=1S/C13H12Cl2N2OS/c1-7(2)12(18)9(6-16)13(19)17-8-3-4-10(14)11(15)5-8/h3-5,7,18H,1-2H3,(H,17,19). The van der Waals surface area contributed by atoms with Gasteiger partial charge in [-0.2, -0.15) is 5.26 Å². The summed E-state index contributed by atoms with van der Waals surface area (Å²) in [6, 6.07) is 6.79. The number of rotatable bonds is 3. The molecule has 100 valence electrons. The van der Waals surface area contributed by atoms with Crippen LogP contribution in [-0.2, 0) is 0 Å². The number of nitriles is 1. The highest BCUT2D eigenvalue weighted by molar-refractivity contribution is 7.81. The number of hydrogen-bond acceptors (Lipinski definition) is 3. The van der Waals surface area contributed by atoms with E-state index in [-0.39, 0.29) is 22.2 Å². The summed E-state index contributed by atoms with van der Waals surface area (Å²) in [5.41, 5.74) is 0.653. The van der Waals surface area contributed by atoms with Gasteiger partial charge in [0.2, 0.25) is 0 Å². The Morgan fingerprint density at radius 2 is 2.00 bits per heavy atom. The molecule has 0 aromatic heterocycles. The van der Waals surface area contributed by atoms with Crippen molar-refractivity contribution in [1.82, 2.24) is 0 Å². The van der Waals surface area contributed by atoms with Gasteiger partial charge in [0.25, 0.3) is 0 Å². The Bertz CT molecular complexity index is 576. The van der Waals surface area contributed by atoms with Crippen LogP contribution in [-0.4, -0.2) is 10.1 Å². The van der Waals surface area contributed by atoms with E-state index in [0.717, 1.165) is 0 Å². The van der Waals surface area contributed by atoms with Crippen LogP contribution in [0.4, 0.5) is 5.69 Å². The van der Waals surface area contributed by atoms with E-state index in [1.807, 2.05) is 6.07 Å². The van der Waals surface area contributed by atoms with Crippen molar-refractivity contribution >= 4 is 46.1 Å². The maximum atomic E-state index is 9.82. The van der Waals surface area contributed by atoms with Crippen molar-refractivity contribution < 1.29 is 5.11 Å². The van der Waals surface area contributed by atoms with E-state index in [1.165, 1.54) is 0 Å². The second-order valence-corrected chi connectivity index (χ2v) is 5.33. The minimum absolute atomic E-state index is 0.0416. The smallest absolute Gasteiger partial charge is 0.125 e. The van der Waals surface area contributed by atoms with Crippen LogP contribution < -0.4 is 5.32 Å². The van der Waals surface area contributed by atoms with Crippen LogP contribution in [0, 0.1) is 17.2 Å². The van der Waals surface area contributed by atoms with Crippen LogP contribution in [0.5, 0.6) is 0 Å². The molecule has 0 fully saturated rings. The second kappa shape index (κ2) is 6.76. The number of hydrogen-bond donors (Lipinski definition) is 2. The van der Waals surface area contributed by atoms with E-state index in [2.05, 4.69) is 5.32 Å². The van der Waals surface area contributed by atoms with Crippen molar-refractivity contribution in [3.05, 3.63) is 39.6 Å². The maximum Gasteiger partial charge on any atom is 0.125 e. The van der Waals surface area contributed by atoms with E-state index in [4.69, 9.17) is 40.7 Å². The molecule has 0 heterocycles. The second-order valence-electron chi connectivity index (χ2n) is 4.11. The van der Waals surface area contributed by atoms with Crippen molar-refractivity contribution in [3.8, 4) is 6.07 Å². The van der Waals surface area contributed by atoms with Crippen LogP contribution in [0.1, 0.15) is 13.8 Å². The lowest BCUT2D eigenvalue weighted by Crippen LogP contribution is -2.14. The molecule has 19 heavy (non-hydrogen) atoms. The third-order valence-electron chi connectivity index (χ3n) is 2.32. The summed E-state index contributed by atoms with van der Waals surface area (Å²) in [5.74, 6) is -0.219. The molecular formula is C13H12Cl2N2OS. The average molecular weight is 315 g/mol. The normalized spacial score (nSPS) is 11.8. The Morgan fingerprint density at radius 1 is 1.37 bits per heavy atom. The van der Waals surface area contributed by atoms with Crippen LogP contribution in [0.25, 0.3) is 0 Å². The van der Waals surface area contributed by atoms with Crippen LogP contribution >= 0.6 is 35.4 Å². The fourth-order valence-corrected chi connectivity index (χ4v) is 1.85. The topological polar surface area (TPSA) is 56.0 Å². The number of halogens is 2. The molecule has 1 rings (SSSR count). The first-order valence-electron chi connectivity index (χ1n) is 5.46. The zero-order chi connectivity index (χ0) is 14.6. The highest BCUT2D eigenvalue weighted by Gasteiger charge is 2.14. The molecule has 0 radical (unpaired) electrons. The highest BCUT2D eigenvalue weighted by atomic mass is 35.5. The number of anilines is 1. The number of nitrogens with one attached hydrogen (secondary N) is 1. The van der Waals surface area contributed by atoms with Gasteiger partial charge in [-0.1, -0.05) is 49.3 Å². The van der Waals surface area contributed by atoms with E-state index in [1.54, 1.807) is 32.0 Å². The molecule has 1 aromatic carbocycles. The predicted octanol–water partition coefficient (Wildman–Crippen LogP) is 4.72. The van der Waals surface area contributed by atoms with Gasteiger partial charge in [0.1, 0.15) is 22.4 Å². The van der Waals surface area contributed by atoms with Crippen LogP contribution in [0.3, 0.4) is 0 Å². The summed E-state index contributed by atoms with van der Waals surface area (Å²) in [4.78, 5) is 0.145. The van der Waals surface area contributed by atoms with Gasteiger partial charge in [0, 0.05) is 11.6 Å². The van der Waals surface area contributed by atoms with Gasteiger partial charge >= 0.3 is 0 Å². The Labute approximate surface area is 127 Å². The lowest BCUT2D eigenvalue weighted by atomic mass is 10.1. The molecule has 0 aliphatic carbocycles. The molecule has 3 nitrogen and oxygen atoms in total. The molecule has 0 saturated carbocycles. The minimum atomic E-state index is -0.178. The molecule has 6 heteroatoms. The molecule has 2 N–H and O–H groups in total. The first kappa shape index (κ1) is 15.8. The lowest BCUT2D eigenvalue weighted by molar-refractivity contribution is 0.350. The van der Waals surface area contributed by atoms with Crippen molar-refractivity contribution in [2.45, 2.75) is 13.8 Å². The minimum Gasteiger partial charge on any atom is -0.511 e. The Kier molecular flexibility index (Phi) is 5.61. The SMILES string of the molecule is CC(C)C(O)=C(C#N)C(=S)Nc1ccc(Cl)c(Cl)c1. The molecule has 0 saturated heterocycles. The van der Waals surface area contributed by atoms with Gasteiger partial charge in [-0.3, -0.25) is 0 Å². The van der Waals surface area contributed by atoms with Crippen molar-refractivity contribution in [3.63, 3.8) is 0 Å². The zero-order valence-electron chi connectivity index (χ0n) is 10.4. The average Bonchev–Trinajstić information content (AvgIpc) is 2.34. The van der Waals surface area contributed by atoms with Gasteiger partial charge in [-0.05, 0) is 18.2 Å².